The van der Waals surface area contributed by atoms with Gasteiger partial charge in [0.2, 0.25) is 0 Å². The van der Waals surface area contributed by atoms with E-state index in [0.29, 0.717) is 6.61 Å². The Kier molecular flexibility index (Phi) is 6.36. The maximum absolute atomic E-state index is 11.2. The van der Waals surface area contributed by atoms with E-state index >= 15 is 0 Å². The van der Waals surface area contributed by atoms with Gasteiger partial charge in [0.15, 0.2) is 0 Å². The Hall–Kier alpha value is -3.24. The van der Waals surface area contributed by atoms with Gasteiger partial charge < -0.3 is 14.6 Å². The van der Waals surface area contributed by atoms with Crippen LogP contribution in [0, 0.1) is 5.92 Å². The van der Waals surface area contributed by atoms with Crippen molar-refractivity contribution in [3.63, 3.8) is 0 Å². The Balaban J connectivity index is 1.49. The minimum Gasteiger partial charge on any atom is -0.390 e. The Labute approximate surface area is 195 Å². The SMILES string of the molecule is O[C@@H](COC(c1ccccc1)(c1ccccc1)c1ccccc1)[C@H]1CO[C@H]1c1ccccc1. The van der Waals surface area contributed by atoms with Crippen molar-refractivity contribution in [2.24, 2.45) is 5.92 Å². The second-order valence-electron chi connectivity index (χ2n) is 8.49. The lowest BCUT2D eigenvalue weighted by molar-refractivity contribution is -0.179. The molecule has 0 unspecified atom stereocenters. The lowest BCUT2D eigenvalue weighted by Gasteiger charge is -2.42. The summed E-state index contributed by atoms with van der Waals surface area (Å²) in [6, 6.07) is 40.8. The molecule has 3 heteroatoms. The molecule has 1 fully saturated rings. The molecular formula is C30H28O3. The average Bonchev–Trinajstić information content (AvgIpc) is 2.86. The Bertz CT molecular complexity index is 1030. The van der Waals surface area contributed by atoms with Crippen LogP contribution in [0.4, 0.5) is 0 Å². The lowest BCUT2D eigenvalue weighted by Crippen LogP contribution is -2.45. The van der Waals surface area contributed by atoms with Crippen LogP contribution in [0.3, 0.4) is 0 Å². The van der Waals surface area contributed by atoms with Gasteiger partial charge in [0.1, 0.15) is 5.60 Å². The molecule has 0 aliphatic carbocycles. The van der Waals surface area contributed by atoms with Crippen LogP contribution in [0.15, 0.2) is 121 Å². The van der Waals surface area contributed by atoms with Gasteiger partial charge in [-0.3, -0.25) is 0 Å². The van der Waals surface area contributed by atoms with Gasteiger partial charge in [-0.15, -0.1) is 0 Å². The highest BCUT2D eigenvalue weighted by atomic mass is 16.5. The highest BCUT2D eigenvalue weighted by molar-refractivity contribution is 5.47. The van der Waals surface area contributed by atoms with E-state index in [1.807, 2.05) is 84.9 Å². The number of benzene rings is 4. The molecule has 1 aliphatic rings. The van der Waals surface area contributed by atoms with Crippen molar-refractivity contribution >= 4 is 0 Å². The average molecular weight is 437 g/mol. The lowest BCUT2D eigenvalue weighted by atomic mass is 9.80. The van der Waals surface area contributed by atoms with Gasteiger partial charge >= 0.3 is 0 Å². The smallest absolute Gasteiger partial charge is 0.143 e. The summed E-state index contributed by atoms with van der Waals surface area (Å²) in [4.78, 5) is 0. The number of hydrogen-bond acceptors (Lipinski definition) is 3. The van der Waals surface area contributed by atoms with Gasteiger partial charge in [-0.25, -0.2) is 0 Å². The second kappa shape index (κ2) is 9.72. The predicted molar refractivity (Wildman–Crippen MR) is 130 cm³/mol. The van der Waals surface area contributed by atoms with E-state index in [9.17, 15) is 5.11 Å². The minimum atomic E-state index is -0.836. The topological polar surface area (TPSA) is 38.7 Å². The molecule has 4 aromatic carbocycles. The molecule has 166 valence electrons. The van der Waals surface area contributed by atoms with Gasteiger partial charge in [-0.1, -0.05) is 121 Å². The molecule has 3 nitrogen and oxygen atoms in total. The van der Waals surface area contributed by atoms with Crippen LogP contribution in [-0.4, -0.2) is 24.4 Å². The molecular weight excluding hydrogens is 408 g/mol. The second-order valence-corrected chi connectivity index (χ2v) is 8.49. The minimum absolute atomic E-state index is 0.00702. The van der Waals surface area contributed by atoms with E-state index in [-0.39, 0.29) is 18.6 Å². The van der Waals surface area contributed by atoms with E-state index in [0.717, 1.165) is 22.3 Å². The summed E-state index contributed by atoms with van der Waals surface area (Å²) in [5, 5.41) is 11.2. The van der Waals surface area contributed by atoms with Crippen molar-refractivity contribution in [3.8, 4) is 0 Å². The third kappa shape index (κ3) is 4.23. The molecule has 1 saturated heterocycles. The third-order valence-electron chi connectivity index (χ3n) is 6.49. The zero-order valence-corrected chi connectivity index (χ0v) is 18.5. The zero-order chi connectivity index (χ0) is 22.5. The van der Waals surface area contributed by atoms with E-state index < -0.39 is 11.7 Å². The van der Waals surface area contributed by atoms with E-state index in [4.69, 9.17) is 9.47 Å². The monoisotopic (exact) mass is 436 g/mol. The molecule has 0 saturated carbocycles. The number of ether oxygens (including phenoxy) is 2. The first-order valence-corrected chi connectivity index (χ1v) is 11.4. The van der Waals surface area contributed by atoms with E-state index in [1.54, 1.807) is 0 Å². The molecule has 1 aliphatic heterocycles. The van der Waals surface area contributed by atoms with Gasteiger partial charge in [0.05, 0.1) is 25.4 Å². The summed E-state index contributed by atoms with van der Waals surface area (Å²) in [6.45, 7) is 0.717. The molecule has 0 bridgehead atoms. The first-order chi connectivity index (χ1) is 16.3. The van der Waals surface area contributed by atoms with Gasteiger partial charge in [-0.2, -0.15) is 0 Å². The molecule has 0 amide bonds. The van der Waals surface area contributed by atoms with Crippen LogP contribution in [0.1, 0.15) is 28.4 Å². The molecule has 0 radical (unpaired) electrons. The summed E-state index contributed by atoms with van der Waals surface area (Å²) in [5.41, 5.74) is 3.34. The zero-order valence-electron chi connectivity index (χ0n) is 18.5. The third-order valence-corrected chi connectivity index (χ3v) is 6.49. The van der Waals surface area contributed by atoms with Crippen molar-refractivity contribution in [1.82, 2.24) is 0 Å². The van der Waals surface area contributed by atoms with Gasteiger partial charge in [0.25, 0.3) is 0 Å². The largest absolute Gasteiger partial charge is 0.390 e. The van der Waals surface area contributed by atoms with Crippen molar-refractivity contribution < 1.29 is 14.6 Å². The van der Waals surface area contributed by atoms with E-state index in [2.05, 4.69) is 36.4 Å². The Morgan fingerprint density at radius 3 is 1.52 bits per heavy atom. The van der Waals surface area contributed by atoms with Crippen LogP contribution < -0.4 is 0 Å². The van der Waals surface area contributed by atoms with E-state index in [1.165, 1.54) is 0 Å². The fourth-order valence-electron chi connectivity index (χ4n) is 4.71. The quantitative estimate of drug-likeness (QED) is 0.358. The first kappa shape index (κ1) is 21.6. The van der Waals surface area contributed by atoms with Crippen molar-refractivity contribution in [2.45, 2.75) is 17.8 Å². The maximum atomic E-state index is 11.2. The summed E-state index contributed by atoms with van der Waals surface area (Å²) in [7, 11) is 0. The Morgan fingerprint density at radius 1 is 0.697 bits per heavy atom. The molecule has 33 heavy (non-hydrogen) atoms. The van der Waals surface area contributed by atoms with Crippen LogP contribution in [0.25, 0.3) is 0 Å². The first-order valence-electron chi connectivity index (χ1n) is 11.4. The molecule has 3 atom stereocenters. The number of rotatable bonds is 8. The fourth-order valence-corrected chi connectivity index (χ4v) is 4.71. The van der Waals surface area contributed by atoms with Crippen LogP contribution >= 0.6 is 0 Å². The summed E-state index contributed by atoms with van der Waals surface area (Å²) in [6.07, 6.45) is -0.760. The summed E-state index contributed by atoms with van der Waals surface area (Å²) >= 11 is 0. The predicted octanol–water partition coefficient (Wildman–Crippen LogP) is 5.74. The van der Waals surface area contributed by atoms with Crippen molar-refractivity contribution in [3.05, 3.63) is 144 Å². The van der Waals surface area contributed by atoms with Crippen LogP contribution in [-0.2, 0) is 15.1 Å². The van der Waals surface area contributed by atoms with Crippen molar-refractivity contribution in [2.75, 3.05) is 13.2 Å². The van der Waals surface area contributed by atoms with Crippen LogP contribution in [0.5, 0.6) is 0 Å². The Morgan fingerprint density at radius 2 is 1.12 bits per heavy atom. The summed E-state index contributed by atoms with van der Waals surface area (Å²) in [5.74, 6) is -0.00702. The van der Waals surface area contributed by atoms with Gasteiger partial charge in [0, 0.05) is 5.92 Å². The normalized spacial score (nSPS) is 18.9. The molecule has 1 heterocycles. The van der Waals surface area contributed by atoms with Crippen LogP contribution in [0.2, 0.25) is 0 Å². The number of aliphatic hydroxyl groups is 1. The van der Waals surface area contributed by atoms with Crippen molar-refractivity contribution in [1.29, 1.82) is 0 Å². The molecule has 0 aromatic heterocycles. The molecule has 1 N–H and O–H groups in total. The summed E-state index contributed by atoms with van der Waals surface area (Å²) < 4.78 is 12.6. The highest BCUT2D eigenvalue weighted by Crippen LogP contribution is 2.42. The fraction of sp³-hybridized carbons (Fsp3) is 0.200. The number of hydrogen-bond donors (Lipinski definition) is 1. The molecule has 0 spiro atoms. The molecule has 5 rings (SSSR count). The number of aliphatic hydroxyl groups excluding tert-OH is 1. The maximum Gasteiger partial charge on any atom is 0.143 e. The highest BCUT2D eigenvalue weighted by Gasteiger charge is 2.42. The standard InChI is InChI=1S/C30H28O3/c31-28(27-21-32-29(27)23-13-5-1-6-14-23)22-33-30(24-15-7-2-8-16-24,25-17-9-3-10-18-25)26-19-11-4-12-20-26/h1-20,27-29,31H,21-22H2/t27-,28+,29+/m1/s1. The van der Waals surface area contributed by atoms with Gasteiger partial charge in [-0.05, 0) is 22.3 Å². The molecule has 4 aromatic rings.